The highest BCUT2D eigenvalue weighted by Crippen LogP contribution is 2.13. The fourth-order valence-corrected chi connectivity index (χ4v) is 1.60. The lowest BCUT2D eigenvalue weighted by atomic mass is 10.1. The Bertz CT molecular complexity index is 492. The maximum absolute atomic E-state index is 11.7. The molecule has 0 spiro atoms. The molecule has 0 aliphatic carbocycles. The van der Waals surface area contributed by atoms with Gasteiger partial charge in [-0.2, -0.15) is 17.0 Å². The zero-order chi connectivity index (χ0) is 13.4. The highest BCUT2D eigenvalue weighted by molar-refractivity contribution is 7.98. The molecular formula is C13H14N2O2S. The highest BCUT2D eigenvalue weighted by Gasteiger charge is 2.07. The van der Waals surface area contributed by atoms with Crippen LogP contribution in [0.15, 0.2) is 29.8 Å². The molecule has 4 nitrogen and oxygen atoms in total. The van der Waals surface area contributed by atoms with Crippen LogP contribution in [-0.4, -0.2) is 29.6 Å². The first-order valence-corrected chi connectivity index (χ1v) is 6.74. The fraction of sp³-hybridized carbons (Fsp3) is 0.231. The Kier molecular flexibility index (Phi) is 5.81. The number of phenolic OH excluding ortho intramolecular Hbond substituents is 1. The predicted octanol–water partition coefficient (Wildman–Crippen LogP) is 1.78. The monoisotopic (exact) mass is 262 g/mol. The number of nitriles is 1. The van der Waals surface area contributed by atoms with Crippen molar-refractivity contribution in [2.45, 2.75) is 0 Å². The molecule has 1 aromatic rings. The van der Waals surface area contributed by atoms with Crippen LogP contribution in [0.4, 0.5) is 0 Å². The van der Waals surface area contributed by atoms with E-state index in [4.69, 9.17) is 5.26 Å². The van der Waals surface area contributed by atoms with Crippen molar-refractivity contribution < 1.29 is 9.90 Å². The van der Waals surface area contributed by atoms with Gasteiger partial charge in [-0.3, -0.25) is 4.79 Å². The van der Waals surface area contributed by atoms with Crippen molar-refractivity contribution in [3.63, 3.8) is 0 Å². The van der Waals surface area contributed by atoms with Gasteiger partial charge in [0.15, 0.2) is 0 Å². The van der Waals surface area contributed by atoms with Gasteiger partial charge in [0.1, 0.15) is 17.4 Å². The number of phenols is 1. The molecule has 0 fully saturated rings. The standard InChI is InChI=1S/C13H14N2O2S/c1-18-6-5-15-13(17)11(9-14)7-10-3-2-4-12(16)8-10/h2-4,7-8,16H,5-6H2,1H3,(H,15,17)/b11-7+. The summed E-state index contributed by atoms with van der Waals surface area (Å²) in [5.74, 6) is 0.509. The minimum absolute atomic E-state index is 0.0294. The van der Waals surface area contributed by atoms with Gasteiger partial charge in [0.05, 0.1) is 0 Å². The summed E-state index contributed by atoms with van der Waals surface area (Å²) in [5, 5.41) is 20.9. The first-order valence-electron chi connectivity index (χ1n) is 5.35. The summed E-state index contributed by atoms with van der Waals surface area (Å²) in [7, 11) is 0. The second kappa shape index (κ2) is 7.41. The van der Waals surface area contributed by atoms with E-state index in [1.165, 1.54) is 18.2 Å². The number of carbonyl (C=O) groups is 1. The van der Waals surface area contributed by atoms with Gasteiger partial charge in [0.2, 0.25) is 0 Å². The van der Waals surface area contributed by atoms with Gasteiger partial charge in [0.25, 0.3) is 5.91 Å². The molecule has 18 heavy (non-hydrogen) atoms. The molecule has 1 aromatic carbocycles. The maximum atomic E-state index is 11.7. The number of thioether (sulfide) groups is 1. The number of benzene rings is 1. The number of aromatic hydroxyl groups is 1. The second-order valence-electron chi connectivity index (χ2n) is 3.51. The van der Waals surface area contributed by atoms with Gasteiger partial charge in [-0.1, -0.05) is 12.1 Å². The van der Waals surface area contributed by atoms with Gasteiger partial charge in [-0.25, -0.2) is 0 Å². The van der Waals surface area contributed by atoms with E-state index in [1.54, 1.807) is 23.9 Å². The van der Waals surface area contributed by atoms with Crippen molar-refractivity contribution in [3.8, 4) is 11.8 Å². The van der Waals surface area contributed by atoms with E-state index in [0.717, 1.165) is 5.75 Å². The molecule has 0 saturated carbocycles. The van der Waals surface area contributed by atoms with E-state index in [1.807, 2.05) is 12.3 Å². The van der Waals surface area contributed by atoms with Crippen LogP contribution in [0.1, 0.15) is 5.56 Å². The highest BCUT2D eigenvalue weighted by atomic mass is 32.2. The Morgan fingerprint density at radius 1 is 1.61 bits per heavy atom. The summed E-state index contributed by atoms with van der Waals surface area (Å²) in [6.07, 6.45) is 3.40. The first-order chi connectivity index (χ1) is 8.67. The van der Waals surface area contributed by atoms with Gasteiger partial charge < -0.3 is 10.4 Å². The molecule has 0 bridgehead atoms. The SMILES string of the molecule is CSCCNC(=O)/C(C#N)=C/c1cccc(O)c1. The number of rotatable bonds is 5. The molecule has 0 heterocycles. The summed E-state index contributed by atoms with van der Waals surface area (Å²) in [4.78, 5) is 11.7. The van der Waals surface area contributed by atoms with E-state index in [0.29, 0.717) is 12.1 Å². The topological polar surface area (TPSA) is 73.1 Å². The van der Waals surface area contributed by atoms with Crippen LogP contribution >= 0.6 is 11.8 Å². The molecular weight excluding hydrogens is 248 g/mol. The van der Waals surface area contributed by atoms with Crippen LogP contribution in [0, 0.1) is 11.3 Å². The average molecular weight is 262 g/mol. The van der Waals surface area contributed by atoms with E-state index in [2.05, 4.69) is 5.32 Å². The molecule has 1 amide bonds. The smallest absolute Gasteiger partial charge is 0.261 e. The molecule has 0 atom stereocenters. The van der Waals surface area contributed by atoms with Crippen molar-refractivity contribution in [1.29, 1.82) is 5.26 Å². The van der Waals surface area contributed by atoms with E-state index >= 15 is 0 Å². The van der Waals surface area contributed by atoms with Crippen molar-refractivity contribution in [3.05, 3.63) is 35.4 Å². The molecule has 1 rings (SSSR count). The Morgan fingerprint density at radius 2 is 2.39 bits per heavy atom. The quantitative estimate of drug-likeness (QED) is 0.482. The molecule has 0 radical (unpaired) electrons. The Hall–Kier alpha value is -1.93. The normalized spacial score (nSPS) is 10.8. The summed E-state index contributed by atoms with van der Waals surface area (Å²) in [6, 6.07) is 8.25. The summed E-state index contributed by atoms with van der Waals surface area (Å²) in [5.41, 5.74) is 0.647. The van der Waals surface area contributed by atoms with E-state index in [-0.39, 0.29) is 11.3 Å². The van der Waals surface area contributed by atoms with Crippen LogP contribution in [0.2, 0.25) is 0 Å². The fourth-order valence-electron chi connectivity index (χ4n) is 1.29. The van der Waals surface area contributed by atoms with E-state index in [9.17, 15) is 9.90 Å². The van der Waals surface area contributed by atoms with Gasteiger partial charge in [-0.15, -0.1) is 0 Å². The van der Waals surface area contributed by atoms with Crippen LogP contribution in [-0.2, 0) is 4.79 Å². The lowest BCUT2D eigenvalue weighted by Crippen LogP contribution is -2.26. The van der Waals surface area contributed by atoms with Gasteiger partial charge in [0, 0.05) is 12.3 Å². The van der Waals surface area contributed by atoms with Crippen LogP contribution in [0.5, 0.6) is 5.75 Å². The molecule has 0 saturated heterocycles. The largest absolute Gasteiger partial charge is 0.508 e. The Balaban J connectivity index is 2.77. The second-order valence-corrected chi connectivity index (χ2v) is 4.50. The Labute approximate surface area is 110 Å². The third kappa shape index (κ3) is 4.52. The minimum Gasteiger partial charge on any atom is -0.508 e. The van der Waals surface area contributed by atoms with Gasteiger partial charge >= 0.3 is 0 Å². The van der Waals surface area contributed by atoms with E-state index < -0.39 is 5.91 Å². The van der Waals surface area contributed by atoms with Crippen LogP contribution < -0.4 is 5.32 Å². The molecule has 0 aromatic heterocycles. The number of hydrogen-bond acceptors (Lipinski definition) is 4. The molecule has 0 unspecified atom stereocenters. The lowest BCUT2D eigenvalue weighted by molar-refractivity contribution is -0.116. The Morgan fingerprint density at radius 3 is 3.00 bits per heavy atom. The van der Waals surface area contributed by atoms with Crippen molar-refractivity contribution in [2.24, 2.45) is 0 Å². The molecule has 0 aliphatic rings. The van der Waals surface area contributed by atoms with Gasteiger partial charge in [-0.05, 0) is 30.0 Å². The number of amides is 1. The molecule has 2 N–H and O–H groups in total. The molecule has 0 aliphatic heterocycles. The number of carbonyl (C=O) groups excluding carboxylic acids is 1. The van der Waals surface area contributed by atoms with Crippen LogP contribution in [0.3, 0.4) is 0 Å². The van der Waals surface area contributed by atoms with Crippen molar-refractivity contribution >= 4 is 23.7 Å². The summed E-state index contributed by atoms with van der Waals surface area (Å²) < 4.78 is 0. The number of nitrogens with one attached hydrogen (secondary N) is 1. The number of nitrogens with zero attached hydrogens (tertiary/aromatic N) is 1. The predicted molar refractivity (Wildman–Crippen MR) is 73.1 cm³/mol. The summed E-state index contributed by atoms with van der Waals surface area (Å²) in [6.45, 7) is 0.527. The average Bonchev–Trinajstić information content (AvgIpc) is 2.36. The summed E-state index contributed by atoms with van der Waals surface area (Å²) >= 11 is 1.62. The molecule has 94 valence electrons. The third-order valence-electron chi connectivity index (χ3n) is 2.14. The zero-order valence-electron chi connectivity index (χ0n) is 10.0. The molecule has 5 heteroatoms. The lowest BCUT2D eigenvalue weighted by Gasteiger charge is -2.02. The first kappa shape index (κ1) is 14.1. The van der Waals surface area contributed by atoms with Crippen LogP contribution in [0.25, 0.3) is 6.08 Å². The van der Waals surface area contributed by atoms with Crippen molar-refractivity contribution in [2.75, 3.05) is 18.6 Å². The van der Waals surface area contributed by atoms with Crippen molar-refractivity contribution in [1.82, 2.24) is 5.32 Å². The third-order valence-corrected chi connectivity index (χ3v) is 2.75. The minimum atomic E-state index is -0.394. The zero-order valence-corrected chi connectivity index (χ0v) is 10.8. The maximum Gasteiger partial charge on any atom is 0.261 e. The number of hydrogen-bond donors (Lipinski definition) is 2.